The van der Waals surface area contributed by atoms with Crippen molar-refractivity contribution >= 4 is 21.6 Å². The standard InChI is InChI=1S/C19H24N2O4S/c1-20(15-16-7-5-4-6-8-16)19(22)13-14-21(26(3,23)24)17-9-11-18(25-2)12-10-17/h4-12H,13-15H2,1-3H3. The molecule has 0 saturated heterocycles. The molecule has 0 saturated carbocycles. The van der Waals surface area contributed by atoms with Gasteiger partial charge in [-0.1, -0.05) is 30.3 Å². The number of nitrogens with zero attached hydrogens (tertiary/aromatic N) is 2. The van der Waals surface area contributed by atoms with E-state index in [4.69, 9.17) is 4.74 Å². The zero-order valence-corrected chi connectivity index (χ0v) is 16.1. The van der Waals surface area contributed by atoms with Gasteiger partial charge < -0.3 is 9.64 Å². The van der Waals surface area contributed by atoms with E-state index >= 15 is 0 Å². The molecule has 0 bridgehead atoms. The van der Waals surface area contributed by atoms with Crippen LogP contribution < -0.4 is 9.04 Å². The van der Waals surface area contributed by atoms with Crippen molar-refractivity contribution in [2.24, 2.45) is 0 Å². The number of benzene rings is 2. The van der Waals surface area contributed by atoms with Crippen LogP contribution in [0.5, 0.6) is 5.75 Å². The summed E-state index contributed by atoms with van der Waals surface area (Å²) in [4.78, 5) is 14.0. The summed E-state index contributed by atoms with van der Waals surface area (Å²) in [6.07, 6.45) is 1.23. The highest BCUT2D eigenvalue weighted by Gasteiger charge is 2.20. The highest BCUT2D eigenvalue weighted by molar-refractivity contribution is 7.92. The summed E-state index contributed by atoms with van der Waals surface area (Å²) in [5.41, 5.74) is 1.53. The molecule has 0 aromatic heterocycles. The molecule has 6 nitrogen and oxygen atoms in total. The summed E-state index contributed by atoms with van der Waals surface area (Å²) < 4.78 is 30.6. The lowest BCUT2D eigenvalue weighted by molar-refractivity contribution is -0.130. The number of hydrogen-bond donors (Lipinski definition) is 0. The van der Waals surface area contributed by atoms with Crippen molar-refractivity contribution in [2.75, 3.05) is 31.3 Å². The van der Waals surface area contributed by atoms with Crippen LogP contribution >= 0.6 is 0 Å². The quantitative estimate of drug-likeness (QED) is 0.710. The molecular formula is C19H24N2O4S. The Morgan fingerprint density at radius 3 is 2.19 bits per heavy atom. The van der Waals surface area contributed by atoms with Gasteiger partial charge in [0.25, 0.3) is 0 Å². The molecule has 0 fully saturated rings. The monoisotopic (exact) mass is 376 g/mol. The van der Waals surface area contributed by atoms with Gasteiger partial charge in [0, 0.05) is 26.6 Å². The lowest BCUT2D eigenvalue weighted by atomic mass is 10.2. The lowest BCUT2D eigenvalue weighted by Crippen LogP contribution is -2.35. The van der Waals surface area contributed by atoms with Crippen molar-refractivity contribution in [3.05, 3.63) is 60.2 Å². The Morgan fingerprint density at radius 2 is 1.65 bits per heavy atom. The van der Waals surface area contributed by atoms with Crippen LogP contribution in [-0.2, 0) is 21.4 Å². The average molecular weight is 376 g/mol. The Kier molecular flexibility index (Phi) is 6.63. The van der Waals surface area contributed by atoms with E-state index in [0.717, 1.165) is 11.8 Å². The molecule has 2 aromatic carbocycles. The van der Waals surface area contributed by atoms with E-state index in [1.54, 1.807) is 43.3 Å². The van der Waals surface area contributed by atoms with Crippen molar-refractivity contribution < 1.29 is 17.9 Å². The second kappa shape index (κ2) is 8.71. The maximum absolute atomic E-state index is 12.4. The minimum absolute atomic E-state index is 0.0864. The van der Waals surface area contributed by atoms with Gasteiger partial charge >= 0.3 is 0 Å². The Labute approximate surface area is 155 Å². The number of anilines is 1. The van der Waals surface area contributed by atoms with Gasteiger partial charge in [-0.25, -0.2) is 8.42 Å². The van der Waals surface area contributed by atoms with Crippen LogP contribution in [0.4, 0.5) is 5.69 Å². The van der Waals surface area contributed by atoms with Crippen LogP contribution in [0, 0.1) is 0 Å². The fourth-order valence-corrected chi connectivity index (χ4v) is 3.50. The van der Waals surface area contributed by atoms with Gasteiger partial charge in [0.1, 0.15) is 5.75 Å². The number of carbonyl (C=O) groups excluding carboxylic acids is 1. The van der Waals surface area contributed by atoms with Gasteiger partial charge in [-0.15, -0.1) is 0 Å². The van der Waals surface area contributed by atoms with Gasteiger partial charge in [0.05, 0.1) is 19.1 Å². The van der Waals surface area contributed by atoms with Crippen LogP contribution in [0.1, 0.15) is 12.0 Å². The number of ether oxygens (including phenoxy) is 1. The summed E-state index contributed by atoms with van der Waals surface area (Å²) >= 11 is 0. The number of amides is 1. The second-order valence-corrected chi connectivity index (χ2v) is 7.93. The number of rotatable bonds is 8. The zero-order chi connectivity index (χ0) is 19.2. The molecule has 0 radical (unpaired) electrons. The van der Waals surface area contributed by atoms with Gasteiger partial charge in [0.2, 0.25) is 15.9 Å². The van der Waals surface area contributed by atoms with E-state index in [1.807, 2.05) is 30.3 Å². The predicted molar refractivity (Wildman–Crippen MR) is 103 cm³/mol. The highest BCUT2D eigenvalue weighted by Crippen LogP contribution is 2.21. The third-order valence-corrected chi connectivity index (χ3v) is 5.17. The molecule has 26 heavy (non-hydrogen) atoms. The average Bonchev–Trinajstić information content (AvgIpc) is 2.62. The Hall–Kier alpha value is -2.54. The molecule has 2 aromatic rings. The van der Waals surface area contributed by atoms with Crippen LogP contribution in [0.15, 0.2) is 54.6 Å². The normalized spacial score (nSPS) is 11.0. The largest absolute Gasteiger partial charge is 0.497 e. The smallest absolute Gasteiger partial charge is 0.232 e. The molecule has 2 rings (SSSR count). The molecule has 1 amide bonds. The number of hydrogen-bond acceptors (Lipinski definition) is 4. The summed E-state index contributed by atoms with van der Waals surface area (Å²) in [5, 5.41) is 0. The van der Waals surface area contributed by atoms with E-state index in [2.05, 4.69) is 0 Å². The first-order valence-corrected chi connectivity index (χ1v) is 10.1. The van der Waals surface area contributed by atoms with E-state index in [1.165, 1.54) is 4.31 Å². The van der Waals surface area contributed by atoms with Gasteiger partial charge in [-0.3, -0.25) is 9.10 Å². The molecule has 0 aliphatic rings. The summed E-state index contributed by atoms with van der Waals surface area (Å²) in [5.74, 6) is 0.525. The maximum atomic E-state index is 12.4. The first kappa shape index (κ1) is 19.8. The molecule has 0 heterocycles. The first-order valence-electron chi connectivity index (χ1n) is 8.21. The van der Waals surface area contributed by atoms with Crippen molar-refractivity contribution in [2.45, 2.75) is 13.0 Å². The molecule has 0 atom stereocenters. The third-order valence-electron chi connectivity index (χ3n) is 3.98. The van der Waals surface area contributed by atoms with E-state index in [0.29, 0.717) is 18.0 Å². The summed E-state index contributed by atoms with van der Waals surface area (Å²) in [6.45, 7) is 0.574. The van der Waals surface area contributed by atoms with E-state index in [-0.39, 0.29) is 18.9 Å². The molecule has 7 heteroatoms. The van der Waals surface area contributed by atoms with Gasteiger partial charge in [-0.2, -0.15) is 0 Å². The third kappa shape index (κ3) is 5.49. The Balaban J connectivity index is 2.03. The predicted octanol–water partition coefficient (Wildman–Crippen LogP) is 2.51. The van der Waals surface area contributed by atoms with E-state index < -0.39 is 10.0 Å². The maximum Gasteiger partial charge on any atom is 0.232 e. The minimum Gasteiger partial charge on any atom is -0.497 e. The fourth-order valence-electron chi connectivity index (χ4n) is 2.57. The summed E-state index contributed by atoms with van der Waals surface area (Å²) in [7, 11) is -0.234. The molecule has 0 spiro atoms. The first-order chi connectivity index (χ1) is 12.3. The van der Waals surface area contributed by atoms with Crippen LogP contribution in [0.25, 0.3) is 0 Å². The molecule has 0 N–H and O–H groups in total. The molecule has 0 aliphatic heterocycles. The topological polar surface area (TPSA) is 66.9 Å². The van der Waals surface area contributed by atoms with Crippen LogP contribution in [0.2, 0.25) is 0 Å². The highest BCUT2D eigenvalue weighted by atomic mass is 32.2. The van der Waals surface area contributed by atoms with Crippen LogP contribution in [0.3, 0.4) is 0 Å². The molecule has 0 unspecified atom stereocenters. The van der Waals surface area contributed by atoms with Gasteiger partial charge in [0.15, 0.2) is 0 Å². The van der Waals surface area contributed by atoms with Crippen molar-refractivity contribution in [1.29, 1.82) is 0 Å². The molecular weight excluding hydrogens is 352 g/mol. The lowest BCUT2D eigenvalue weighted by Gasteiger charge is -2.24. The number of carbonyl (C=O) groups is 1. The molecule has 0 aliphatic carbocycles. The fraction of sp³-hybridized carbons (Fsp3) is 0.316. The Bertz CT molecular complexity index is 820. The number of sulfonamides is 1. The van der Waals surface area contributed by atoms with Crippen LogP contribution in [-0.4, -0.2) is 46.2 Å². The second-order valence-electron chi connectivity index (χ2n) is 6.02. The van der Waals surface area contributed by atoms with Gasteiger partial charge in [-0.05, 0) is 29.8 Å². The van der Waals surface area contributed by atoms with Crippen molar-refractivity contribution in [3.8, 4) is 5.75 Å². The minimum atomic E-state index is -3.50. The van der Waals surface area contributed by atoms with E-state index in [9.17, 15) is 13.2 Å². The van der Waals surface area contributed by atoms with Crippen molar-refractivity contribution in [1.82, 2.24) is 4.90 Å². The SMILES string of the molecule is COc1ccc(N(CCC(=O)N(C)Cc2ccccc2)S(C)(=O)=O)cc1. The van der Waals surface area contributed by atoms with Crippen molar-refractivity contribution in [3.63, 3.8) is 0 Å². The Morgan fingerprint density at radius 1 is 1.04 bits per heavy atom. The zero-order valence-electron chi connectivity index (χ0n) is 15.3. The summed E-state index contributed by atoms with van der Waals surface area (Å²) in [6, 6.07) is 16.4. The molecule has 140 valence electrons. The number of methoxy groups -OCH3 is 1.